The van der Waals surface area contributed by atoms with Gasteiger partial charge in [-0.1, -0.05) is 24.3 Å². The molecule has 0 unspecified atom stereocenters. The van der Waals surface area contributed by atoms with Crippen LogP contribution in [0, 0.1) is 6.92 Å². The smallest absolute Gasteiger partial charge is 0.224 e. The SMILES string of the molecule is Cc1ccc2cccc(NC(=O)CCCc3ccccn3)c2n1. The molecule has 3 rings (SSSR count). The second-order valence-electron chi connectivity index (χ2n) is 5.55. The third-order valence-corrected chi connectivity index (χ3v) is 3.70. The summed E-state index contributed by atoms with van der Waals surface area (Å²) < 4.78 is 0. The summed E-state index contributed by atoms with van der Waals surface area (Å²) in [6, 6.07) is 15.7. The zero-order valence-electron chi connectivity index (χ0n) is 13.1. The predicted octanol–water partition coefficient (Wildman–Crippen LogP) is 3.90. The van der Waals surface area contributed by atoms with Crippen molar-refractivity contribution in [3.8, 4) is 0 Å². The molecule has 4 nitrogen and oxygen atoms in total. The van der Waals surface area contributed by atoms with Crippen molar-refractivity contribution in [2.24, 2.45) is 0 Å². The van der Waals surface area contributed by atoms with E-state index in [0.29, 0.717) is 6.42 Å². The number of carbonyl (C=O) groups excluding carboxylic acids is 1. The zero-order chi connectivity index (χ0) is 16.1. The van der Waals surface area contributed by atoms with Crippen molar-refractivity contribution in [1.82, 2.24) is 9.97 Å². The molecule has 1 N–H and O–H groups in total. The predicted molar refractivity (Wildman–Crippen MR) is 92.3 cm³/mol. The van der Waals surface area contributed by atoms with Crippen LogP contribution in [0.4, 0.5) is 5.69 Å². The summed E-state index contributed by atoms with van der Waals surface area (Å²) in [6.45, 7) is 1.95. The monoisotopic (exact) mass is 305 g/mol. The molecule has 0 fully saturated rings. The van der Waals surface area contributed by atoms with E-state index in [1.165, 1.54) is 0 Å². The van der Waals surface area contributed by atoms with Gasteiger partial charge in [0.2, 0.25) is 5.91 Å². The van der Waals surface area contributed by atoms with Gasteiger partial charge in [-0.2, -0.15) is 0 Å². The second-order valence-corrected chi connectivity index (χ2v) is 5.55. The minimum absolute atomic E-state index is 0.0109. The Labute approximate surface area is 135 Å². The molecule has 4 heteroatoms. The van der Waals surface area contributed by atoms with Gasteiger partial charge in [-0.3, -0.25) is 14.8 Å². The Kier molecular flexibility index (Phi) is 4.62. The van der Waals surface area contributed by atoms with Crippen molar-refractivity contribution in [2.75, 3.05) is 5.32 Å². The molecule has 0 bridgehead atoms. The Morgan fingerprint density at radius 2 is 2.00 bits per heavy atom. The van der Waals surface area contributed by atoms with E-state index >= 15 is 0 Å². The Hall–Kier alpha value is -2.75. The molecular formula is C19H19N3O. The van der Waals surface area contributed by atoms with Crippen LogP contribution in [0.15, 0.2) is 54.7 Å². The topological polar surface area (TPSA) is 54.9 Å². The molecule has 0 saturated heterocycles. The summed E-state index contributed by atoms with van der Waals surface area (Å²) in [4.78, 5) is 21.0. The van der Waals surface area contributed by atoms with Crippen molar-refractivity contribution in [3.05, 3.63) is 66.1 Å². The molecule has 1 aromatic carbocycles. The van der Waals surface area contributed by atoms with Crippen molar-refractivity contribution in [2.45, 2.75) is 26.2 Å². The number of para-hydroxylation sites is 1. The van der Waals surface area contributed by atoms with E-state index in [2.05, 4.69) is 15.3 Å². The lowest BCUT2D eigenvalue weighted by Gasteiger charge is -2.08. The molecule has 116 valence electrons. The largest absolute Gasteiger partial charge is 0.324 e. The minimum atomic E-state index is 0.0109. The molecule has 1 amide bonds. The lowest BCUT2D eigenvalue weighted by Crippen LogP contribution is -2.12. The molecule has 0 spiro atoms. The molecular weight excluding hydrogens is 286 g/mol. The number of hydrogen-bond acceptors (Lipinski definition) is 3. The van der Waals surface area contributed by atoms with Gasteiger partial charge in [-0.25, -0.2) is 0 Å². The van der Waals surface area contributed by atoms with Crippen LogP contribution in [0.25, 0.3) is 10.9 Å². The van der Waals surface area contributed by atoms with Crippen LogP contribution < -0.4 is 5.32 Å². The molecule has 0 atom stereocenters. The fraction of sp³-hybridized carbons (Fsp3) is 0.211. The third kappa shape index (κ3) is 3.92. The molecule has 0 aliphatic heterocycles. The van der Waals surface area contributed by atoms with Crippen LogP contribution in [-0.2, 0) is 11.2 Å². The molecule has 2 aromatic heterocycles. The highest BCUT2D eigenvalue weighted by Gasteiger charge is 2.07. The first-order chi connectivity index (χ1) is 11.2. The van der Waals surface area contributed by atoms with Crippen LogP contribution in [0.1, 0.15) is 24.2 Å². The minimum Gasteiger partial charge on any atom is -0.324 e. The lowest BCUT2D eigenvalue weighted by atomic mass is 10.1. The average Bonchev–Trinajstić information content (AvgIpc) is 2.56. The summed E-state index contributed by atoms with van der Waals surface area (Å²) in [7, 11) is 0. The number of benzene rings is 1. The van der Waals surface area contributed by atoms with Gasteiger partial charge in [0.15, 0.2) is 0 Å². The fourth-order valence-corrected chi connectivity index (χ4v) is 2.53. The molecule has 0 saturated carbocycles. The molecule has 0 radical (unpaired) electrons. The summed E-state index contributed by atoms with van der Waals surface area (Å²) in [5.41, 5.74) is 3.57. The highest BCUT2D eigenvalue weighted by molar-refractivity contribution is 6.00. The van der Waals surface area contributed by atoms with Gasteiger partial charge in [0.05, 0.1) is 11.2 Å². The molecule has 0 aliphatic carbocycles. The first-order valence-electron chi connectivity index (χ1n) is 7.78. The van der Waals surface area contributed by atoms with Gasteiger partial charge in [0.1, 0.15) is 0 Å². The second kappa shape index (κ2) is 7.01. The van der Waals surface area contributed by atoms with Crippen LogP contribution in [0.2, 0.25) is 0 Å². The third-order valence-electron chi connectivity index (χ3n) is 3.70. The van der Waals surface area contributed by atoms with Crippen molar-refractivity contribution in [1.29, 1.82) is 0 Å². The Balaban J connectivity index is 1.63. The summed E-state index contributed by atoms with van der Waals surface area (Å²) in [6.07, 6.45) is 3.83. The average molecular weight is 305 g/mol. The van der Waals surface area contributed by atoms with Crippen LogP contribution in [0.3, 0.4) is 0 Å². The number of amides is 1. The summed E-state index contributed by atoms with van der Waals surface area (Å²) >= 11 is 0. The van der Waals surface area contributed by atoms with Gasteiger partial charge >= 0.3 is 0 Å². The van der Waals surface area contributed by atoms with Crippen molar-refractivity contribution < 1.29 is 4.79 Å². The highest BCUT2D eigenvalue weighted by atomic mass is 16.1. The molecule has 3 aromatic rings. The van der Waals surface area contributed by atoms with Crippen LogP contribution in [-0.4, -0.2) is 15.9 Å². The van der Waals surface area contributed by atoms with E-state index in [1.807, 2.05) is 55.5 Å². The van der Waals surface area contributed by atoms with Gasteiger partial charge in [0, 0.05) is 29.4 Å². The van der Waals surface area contributed by atoms with Crippen molar-refractivity contribution >= 4 is 22.5 Å². The number of fused-ring (bicyclic) bond motifs is 1. The molecule has 2 heterocycles. The van der Waals surface area contributed by atoms with Gasteiger partial charge in [0.25, 0.3) is 0 Å². The van der Waals surface area contributed by atoms with E-state index in [4.69, 9.17) is 0 Å². The summed E-state index contributed by atoms with van der Waals surface area (Å²) in [5, 5.41) is 4.01. The maximum Gasteiger partial charge on any atom is 0.224 e. The number of anilines is 1. The number of hydrogen-bond donors (Lipinski definition) is 1. The number of rotatable bonds is 5. The number of nitrogens with one attached hydrogen (secondary N) is 1. The van der Waals surface area contributed by atoms with Crippen LogP contribution in [0.5, 0.6) is 0 Å². The fourth-order valence-electron chi connectivity index (χ4n) is 2.53. The highest BCUT2D eigenvalue weighted by Crippen LogP contribution is 2.22. The number of aromatic nitrogens is 2. The number of pyridine rings is 2. The first-order valence-corrected chi connectivity index (χ1v) is 7.78. The van der Waals surface area contributed by atoms with Gasteiger partial charge in [-0.15, -0.1) is 0 Å². The van der Waals surface area contributed by atoms with E-state index in [0.717, 1.165) is 40.8 Å². The maximum atomic E-state index is 12.2. The van der Waals surface area contributed by atoms with Gasteiger partial charge in [-0.05, 0) is 44.0 Å². The first kappa shape index (κ1) is 15.2. The van der Waals surface area contributed by atoms with E-state index in [1.54, 1.807) is 6.20 Å². The number of carbonyl (C=O) groups is 1. The van der Waals surface area contributed by atoms with E-state index in [9.17, 15) is 4.79 Å². The molecule has 0 aliphatic rings. The van der Waals surface area contributed by atoms with Crippen LogP contribution >= 0.6 is 0 Å². The Morgan fingerprint density at radius 1 is 1.09 bits per heavy atom. The Morgan fingerprint density at radius 3 is 2.83 bits per heavy atom. The normalized spacial score (nSPS) is 10.7. The quantitative estimate of drug-likeness (QED) is 0.778. The standard InChI is InChI=1S/C19H19N3O/c1-14-11-12-15-6-4-9-17(19(15)21-14)22-18(23)10-5-8-16-7-2-3-13-20-16/h2-4,6-7,9,11-13H,5,8,10H2,1H3,(H,22,23). The van der Waals surface area contributed by atoms with E-state index in [-0.39, 0.29) is 5.91 Å². The van der Waals surface area contributed by atoms with Crippen molar-refractivity contribution in [3.63, 3.8) is 0 Å². The molecule has 23 heavy (non-hydrogen) atoms. The lowest BCUT2D eigenvalue weighted by molar-refractivity contribution is -0.116. The summed E-state index contributed by atoms with van der Waals surface area (Å²) in [5.74, 6) is 0.0109. The van der Waals surface area contributed by atoms with Gasteiger partial charge < -0.3 is 5.32 Å². The van der Waals surface area contributed by atoms with E-state index < -0.39 is 0 Å². The zero-order valence-corrected chi connectivity index (χ0v) is 13.1. The Bertz CT molecular complexity index is 815. The number of aryl methyl sites for hydroxylation is 2. The maximum absolute atomic E-state index is 12.2. The number of nitrogens with zero attached hydrogens (tertiary/aromatic N) is 2.